The number of rotatable bonds is 6. The van der Waals surface area contributed by atoms with Gasteiger partial charge in [-0.25, -0.2) is 19.6 Å². The van der Waals surface area contributed by atoms with E-state index in [1.165, 1.54) is 0 Å². The third-order valence-electron chi connectivity index (χ3n) is 5.81. The largest absolute Gasteiger partial charge is 0.409 e. The van der Waals surface area contributed by atoms with Crippen molar-refractivity contribution in [2.75, 3.05) is 0 Å². The van der Waals surface area contributed by atoms with Crippen LogP contribution in [0.4, 0.5) is 0 Å². The first-order valence-corrected chi connectivity index (χ1v) is 10.4. The smallest absolute Gasteiger partial charge is 0.340 e. The molecule has 0 spiro atoms. The summed E-state index contributed by atoms with van der Waals surface area (Å²) in [5.41, 5.74) is -1.06. The van der Waals surface area contributed by atoms with Crippen LogP contribution in [0.15, 0.2) is 70.6 Å². The van der Waals surface area contributed by atoms with E-state index in [4.69, 9.17) is 9.47 Å². The van der Waals surface area contributed by atoms with Crippen molar-refractivity contribution in [3.05, 3.63) is 71.8 Å². The zero-order valence-corrected chi connectivity index (χ0v) is 18.2. The Morgan fingerprint density at radius 1 is 0.710 bits per heavy atom. The van der Waals surface area contributed by atoms with Gasteiger partial charge in [-0.3, -0.25) is 0 Å². The van der Waals surface area contributed by atoms with Crippen molar-refractivity contribution >= 4 is 23.7 Å². The molecule has 0 amide bonds. The lowest BCUT2D eigenvalue weighted by Crippen LogP contribution is -2.35. The summed E-state index contributed by atoms with van der Waals surface area (Å²) in [6.07, 6.45) is 0.842. The maximum atomic E-state index is 12.7. The van der Waals surface area contributed by atoms with Gasteiger partial charge in [-0.05, 0) is 38.8 Å². The summed E-state index contributed by atoms with van der Waals surface area (Å²) in [7, 11) is 0. The number of carbonyl (C=O) groups is 2. The molecule has 2 aliphatic heterocycles. The molecule has 0 aromatic heterocycles. The van der Waals surface area contributed by atoms with Crippen LogP contribution < -0.4 is 0 Å². The van der Waals surface area contributed by atoms with Crippen LogP contribution >= 0.6 is 0 Å². The van der Waals surface area contributed by atoms with Gasteiger partial charge < -0.3 is 9.47 Å². The lowest BCUT2D eigenvalue weighted by molar-refractivity contribution is -0.138. The number of benzene rings is 2. The number of esters is 2. The quantitative estimate of drug-likeness (QED) is 0.666. The van der Waals surface area contributed by atoms with Crippen molar-refractivity contribution in [3.8, 4) is 0 Å². The maximum absolute atomic E-state index is 12.7. The van der Waals surface area contributed by atoms with Crippen LogP contribution in [0, 0.1) is 5.41 Å². The SMILES string of the molecule is CC(C)(C1=N[C@@](C)(Cc2ccccc2)C(=O)O1)C1=N[C@@](C)(Cc2ccccc2)C(=O)O1. The minimum atomic E-state index is -1.04. The number of carbonyl (C=O) groups excluding carboxylic acids is 2. The van der Waals surface area contributed by atoms with Crippen LogP contribution in [0.25, 0.3) is 0 Å². The molecule has 0 radical (unpaired) electrons. The van der Waals surface area contributed by atoms with E-state index >= 15 is 0 Å². The van der Waals surface area contributed by atoms with Crippen molar-refractivity contribution in [2.24, 2.45) is 15.4 Å². The monoisotopic (exact) mass is 418 g/mol. The van der Waals surface area contributed by atoms with Crippen LogP contribution in [0.1, 0.15) is 38.8 Å². The van der Waals surface area contributed by atoms with Gasteiger partial charge in [0.2, 0.25) is 11.8 Å². The molecular formula is C25H26N2O4. The lowest BCUT2D eigenvalue weighted by Gasteiger charge is -2.21. The zero-order valence-electron chi connectivity index (χ0n) is 18.2. The molecule has 4 rings (SSSR count). The molecule has 2 aliphatic rings. The van der Waals surface area contributed by atoms with Crippen LogP contribution in [0.3, 0.4) is 0 Å². The van der Waals surface area contributed by atoms with E-state index < -0.39 is 28.4 Å². The first-order valence-electron chi connectivity index (χ1n) is 10.4. The summed E-state index contributed by atoms with van der Waals surface area (Å²) in [4.78, 5) is 34.7. The molecule has 0 saturated carbocycles. The van der Waals surface area contributed by atoms with E-state index in [2.05, 4.69) is 9.98 Å². The van der Waals surface area contributed by atoms with Crippen molar-refractivity contribution in [3.63, 3.8) is 0 Å². The van der Waals surface area contributed by atoms with E-state index in [0.29, 0.717) is 12.8 Å². The molecule has 6 heteroatoms. The molecule has 0 aliphatic carbocycles. The van der Waals surface area contributed by atoms with Crippen molar-refractivity contribution in [2.45, 2.75) is 51.6 Å². The van der Waals surface area contributed by atoms with Gasteiger partial charge >= 0.3 is 11.9 Å². The molecule has 0 N–H and O–H groups in total. The van der Waals surface area contributed by atoms with Crippen LogP contribution in [0.5, 0.6) is 0 Å². The Morgan fingerprint density at radius 2 is 1.06 bits per heavy atom. The minimum Gasteiger partial charge on any atom is -0.409 e. The molecule has 0 saturated heterocycles. The number of hydrogen-bond donors (Lipinski definition) is 0. The summed E-state index contributed by atoms with van der Waals surface area (Å²) >= 11 is 0. The van der Waals surface area contributed by atoms with E-state index in [1.54, 1.807) is 27.7 Å². The first kappa shape index (κ1) is 21.0. The third-order valence-corrected chi connectivity index (χ3v) is 5.81. The Balaban J connectivity index is 1.60. The van der Waals surface area contributed by atoms with E-state index in [-0.39, 0.29) is 11.8 Å². The maximum Gasteiger partial charge on any atom is 0.340 e. The standard InChI is InChI=1S/C25H26N2O4/c1-23(2,19-26-24(3,21(28)30-19)15-17-11-7-5-8-12-17)20-27-25(4,22(29)31-20)16-18-13-9-6-10-14-18/h5-14H,15-16H2,1-4H3/t24-,25-/m0/s1. The third kappa shape index (κ3) is 3.90. The van der Waals surface area contributed by atoms with Gasteiger partial charge in [0.05, 0.1) is 0 Å². The second kappa shape index (κ2) is 7.45. The molecule has 31 heavy (non-hydrogen) atoms. The molecule has 2 aromatic rings. The van der Waals surface area contributed by atoms with E-state index in [9.17, 15) is 9.59 Å². The Bertz CT molecular complexity index is 990. The predicted molar refractivity (Wildman–Crippen MR) is 118 cm³/mol. The number of hydrogen-bond acceptors (Lipinski definition) is 6. The number of nitrogens with zero attached hydrogens (tertiary/aromatic N) is 2. The van der Waals surface area contributed by atoms with Gasteiger partial charge in [0, 0.05) is 12.8 Å². The zero-order chi connectivity index (χ0) is 22.3. The van der Waals surface area contributed by atoms with Crippen molar-refractivity contribution < 1.29 is 19.1 Å². The minimum absolute atomic E-state index is 0.214. The fourth-order valence-electron chi connectivity index (χ4n) is 3.82. The summed E-state index contributed by atoms with van der Waals surface area (Å²) in [6.45, 7) is 7.11. The number of ether oxygens (including phenoxy) is 2. The Labute approximate surface area is 182 Å². The Morgan fingerprint density at radius 3 is 1.42 bits per heavy atom. The molecule has 160 valence electrons. The number of aliphatic imine (C=N–C) groups is 2. The highest BCUT2D eigenvalue weighted by Crippen LogP contribution is 2.37. The highest BCUT2D eigenvalue weighted by atomic mass is 16.6. The normalized spacial score (nSPS) is 25.7. The second-order valence-electron chi connectivity index (χ2n) is 9.11. The highest BCUT2D eigenvalue weighted by Gasteiger charge is 2.52. The average molecular weight is 418 g/mol. The van der Waals surface area contributed by atoms with Gasteiger partial charge in [-0.1, -0.05) is 60.7 Å². The van der Waals surface area contributed by atoms with Gasteiger partial charge in [0.15, 0.2) is 11.1 Å². The van der Waals surface area contributed by atoms with Crippen molar-refractivity contribution in [1.29, 1.82) is 0 Å². The average Bonchev–Trinajstić information content (AvgIpc) is 3.20. The fourth-order valence-corrected chi connectivity index (χ4v) is 3.82. The Kier molecular flexibility index (Phi) is 5.04. The molecular weight excluding hydrogens is 392 g/mol. The van der Waals surface area contributed by atoms with Crippen LogP contribution in [0.2, 0.25) is 0 Å². The number of cyclic esters (lactones) is 2. The highest BCUT2D eigenvalue weighted by molar-refractivity contribution is 6.15. The van der Waals surface area contributed by atoms with Gasteiger partial charge in [0.1, 0.15) is 5.41 Å². The molecule has 2 atom stereocenters. The van der Waals surface area contributed by atoms with Gasteiger partial charge in [-0.15, -0.1) is 0 Å². The lowest BCUT2D eigenvalue weighted by atomic mass is 9.91. The summed E-state index contributed by atoms with van der Waals surface area (Å²) < 4.78 is 11.2. The first-order chi connectivity index (χ1) is 14.6. The fraction of sp³-hybridized carbons (Fsp3) is 0.360. The molecule has 6 nitrogen and oxygen atoms in total. The van der Waals surface area contributed by atoms with Crippen LogP contribution in [-0.2, 0) is 31.9 Å². The van der Waals surface area contributed by atoms with Gasteiger partial charge in [-0.2, -0.15) is 0 Å². The molecule has 0 bridgehead atoms. The van der Waals surface area contributed by atoms with E-state index in [0.717, 1.165) is 11.1 Å². The van der Waals surface area contributed by atoms with Gasteiger partial charge in [0.25, 0.3) is 0 Å². The molecule has 0 unspecified atom stereocenters. The summed E-state index contributed by atoms with van der Waals surface area (Å²) in [5.74, 6) is -0.411. The Hall–Kier alpha value is -3.28. The molecule has 2 heterocycles. The molecule has 0 fully saturated rings. The predicted octanol–water partition coefficient (Wildman–Crippen LogP) is 3.93. The van der Waals surface area contributed by atoms with Crippen LogP contribution in [-0.4, -0.2) is 34.8 Å². The summed E-state index contributed by atoms with van der Waals surface area (Å²) in [6, 6.07) is 19.4. The second-order valence-corrected chi connectivity index (χ2v) is 9.11. The van der Waals surface area contributed by atoms with Crippen molar-refractivity contribution in [1.82, 2.24) is 0 Å². The topological polar surface area (TPSA) is 77.3 Å². The molecule has 2 aromatic carbocycles. The van der Waals surface area contributed by atoms with E-state index in [1.807, 2.05) is 60.7 Å². The summed E-state index contributed by atoms with van der Waals surface area (Å²) in [5, 5.41) is 0.